The predicted molar refractivity (Wildman–Crippen MR) is 68.3 cm³/mol. The Kier molecular flexibility index (Phi) is 7.73. The molecule has 0 aromatic carbocycles. The highest BCUT2D eigenvalue weighted by atomic mass is 35.5. The zero-order chi connectivity index (χ0) is 15.7. The van der Waals surface area contributed by atoms with Crippen LogP contribution in [0.15, 0.2) is 12.7 Å². The topological polar surface area (TPSA) is 97.4 Å². The molecule has 0 spiro atoms. The number of carbonyl (C=O) groups is 3. The lowest BCUT2D eigenvalue weighted by Crippen LogP contribution is -2.61. The van der Waals surface area contributed by atoms with Crippen LogP contribution in [0.2, 0.25) is 0 Å². The van der Waals surface area contributed by atoms with Crippen molar-refractivity contribution in [1.29, 1.82) is 0 Å². The summed E-state index contributed by atoms with van der Waals surface area (Å²) in [6.45, 7) is 4.04. The first-order valence-electron chi connectivity index (χ1n) is 5.94. The summed E-state index contributed by atoms with van der Waals surface area (Å²) in [5.41, 5.74) is 0. The van der Waals surface area contributed by atoms with Gasteiger partial charge in [-0.3, -0.25) is 14.4 Å². The second kappa shape index (κ2) is 9.32. The van der Waals surface area contributed by atoms with Gasteiger partial charge in [0.25, 0.3) is 19.4 Å². The standard InChI is InChI=1S/C12H15ClO8/c1-2-3-17-12-11(20-7-16)10(19-6-15)9(18-5-14)8(4-13)21-12/h2,5-12H,1,3-4H2/t8-,9-,10+,11-,12+/m1/s1. The zero-order valence-corrected chi connectivity index (χ0v) is 11.7. The molecule has 0 aliphatic carbocycles. The minimum Gasteiger partial charge on any atom is -0.458 e. The van der Waals surface area contributed by atoms with Crippen LogP contribution < -0.4 is 0 Å². The van der Waals surface area contributed by atoms with Crippen molar-refractivity contribution in [2.24, 2.45) is 0 Å². The third kappa shape index (κ3) is 4.42. The summed E-state index contributed by atoms with van der Waals surface area (Å²) in [7, 11) is 0. The third-order valence-corrected chi connectivity index (χ3v) is 3.06. The Labute approximate surface area is 125 Å². The SMILES string of the molecule is C=CCO[C@H]1O[C@H](CCl)[C@@H](OC=O)[C@H](OC=O)[C@H]1OC=O. The average molecular weight is 323 g/mol. The van der Waals surface area contributed by atoms with Gasteiger partial charge in [-0.2, -0.15) is 0 Å². The number of rotatable bonds is 10. The second-order valence-corrected chi connectivity index (χ2v) is 4.22. The summed E-state index contributed by atoms with van der Waals surface area (Å²) in [5, 5.41) is 0. The van der Waals surface area contributed by atoms with E-state index in [1.807, 2.05) is 0 Å². The van der Waals surface area contributed by atoms with Gasteiger partial charge >= 0.3 is 0 Å². The summed E-state index contributed by atoms with van der Waals surface area (Å²) >= 11 is 5.75. The van der Waals surface area contributed by atoms with Crippen LogP contribution in [0.25, 0.3) is 0 Å². The molecule has 1 heterocycles. The quantitative estimate of drug-likeness (QED) is 0.236. The molecule has 0 unspecified atom stereocenters. The molecule has 1 fully saturated rings. The van der Waals surface area contributed by atoms with E-state index in [4.69, 9.17) is 35.3 Å². The Morgan fingerprint density at radius 3 is 2.10 bits per heavy atom. The fourth-order valence-corrected chi connectivity index (χ4v) is 2.20. The number of alkyl halides is 1. The van der Waals surface area contributed by atoms with E-state index < -0.39 is 30.7 Å². The highest BCUT2D eigenvalue weighted by Crippen LogP contribution is 2.28. The van der Waals surface area contributed by atoms with Crippen molar-refractivity contribution >= 4 is 31.0 Å². The van der Waals surface area contributed by atoms with E-state index in [1.165, 1.54) is 6.08 Å². The van der Waals surface area contributed by atoms with Gasteiger partial charge < -0.3 is 23.7 Å². The van der Waals surface area contributed by atoms with Crippen molar-refractivity contribution in [2.75, 3.05) is 12.5 Å². The fraction of sp³-hybridized carbons (Fsp3) is 0.583. The Balaban J connectivity index is 3.01. The number of halogens is 1. The maximum Gasteiger partial charge on any atom is 0.293 e. The summed E-state index contributed by atoms with van der Waals surface area (Å²) in [6, 6.07) is 0. The van der Waals surface area contributed by atoms with Gasteiger partial charge in [-0.15, -0.1) is 18.2 Å². The molecule has 0 amide bonds. The molecule has 9 heteroatoms. The lowest BCUT2D eigenvalue weighted by Gasteiger charge is -2.42. The molecule has 0 saturated carbocycles. The van der Waals surface area contributed by atoms with Crippen molar-refractivity contribution in [3.63, 3.8) is 0 Å². The number of hydrogen-bond donors (Lipinski definition) is 0. The van der Waals surface area contributed by atoms with Gasteiger partial charge in [0.15, 0.2) is 24.6 Å². The molecule has 0 aromatic heterocycles. The molecule has 1 saturated heterocycles. The van der Waals surface area contributed by atoms with Crippen LogP contribution in [-0.4, -0.2) is 62.6 Å². The Bertz CT molecular complexity index is 363. The van der Waals surface area contributed by atoms with Crippen LogP contribution in [0.1, 0.15) is 0 Å². The summed E-state index contributed by atoms with van der Waals surface area (Å²) in [5.74, 6) is -0.0566. The molecule has 0 aromatic rings. The molecular formula is C12H15ClO8. The first-order valence-corrected chi connectivity index (χ1v) is 6.48. The van der Waals surface area contributed by atoms with Gasteiger partial charge in [0.2, 0.25) is 0 Å². The molecule has 0 N–H and O–H groups in total. The molecular weight excluding hydrogens is 308 g/mol. The number of carbonyl (C=O) groups excluding carboxylic acids is 3. The van der Waals surface area contributed by atoms with Crippen LogP contribution in [0, 0.1) is 0 Å². The van der Waals surface area contributed by atoms with E-state index in [9.17, 15) is 14.4 Å². The van der Waals surface area contributed by atoms with Crippen LogP contribution in [0.4, 0.5) is 0 Å². The Morgan fingerprint density at radius 2 is 1.57 bits per heavy atom. The van der Waals surface area contributed by atoms with Gasteiger partial charge in [0, 0.05) is 0 Å². The van der Waals surface area contributed by atoms with E-state index >= 15 is 0 Å². The van der Waals surface area contributed by atoms with Crippen LogP contribution >= 0.6 is 11.6 Å². The van der Waals surface area contributed by atoms with Crippen molar-refractivity contribution in [3.8, 4) is 0 Å². The van der Waals surface area contributed by atoms with Gasteiger partial charge in [0.05, 0.1) is 12.5 Å². The molecule has 1 aliphatic heterocycles. The van der Waals surface area contributed by atoms with Crippen LogP contribution in [0.5, 0.6) is 0 Å². The zero-order valence-electron chi connectivity index (χ0n) is 11.0. The van der Waals surface area contributed by atoms with Gasteiger partial charge in [-0.1, -0.05) is 6.08 Å². The van der Waals surface area contributed by atoms with Crippen molar-refractivity contribution in [3.05, 3.63) is 12.7 Å². The number of ether oxygens (including phenoxy) is 5. The molecule has 21 heavy (non-hydrogen) atoms. The fourth-order valence-electron chi connectivity index (χ4n) is 1.96. The first kappa shape index (κ1) is 17.4. The van der Waals surface area contributed by atoms with Crippen LogP contribution in [0.3, 0.4) is 0 Å². The molecule has 1 aliphatic rings. The average Bonchev–Trinajstić information content (AvgIpc) is 2.49. The van der Waals surface area contributed by atoms with Gasteiger partial charge in [0.1, 0.15) is 6.10 Å². The summed E-state index contributed by atoms with van der Waals surface area (Å²) in [6.07, 6.45) is -3.64. The molecule has 5 atom stereocenters. The minimum atomic E-state index is -1.11. The van der Waals surface area contributed by atoms with E-state index in [0.717, 1.165) is 0 Å². The maximum atomic E-state index is 10.6. The summed E-state index contributed by atoms with van der Waals surface area (Å²) in [4.78, 5) is 31.9. The molecule has 118 valence electrons. The Morgan fingerprint density at radius 1 is 1.00 bits per heavy atom. The largest absolute Gasteiger partial charge is 0.458 e. The van der Waals surface area contributed by atoms with Crippen molar-refractivity contribution in [2.45, 2.75) is 30.7 Å². The van der Waals surface area contributed by atoms with E-state index in [2.05, 4.69) is 6.58 Å². The Hall–Kier alpha value is -1.64. The monoisotopic (exact) mass is 322 g/mol. The van der Waals surface area contributed by atoms with Crippen molar-refractivity contribution in [1.82, 2.24) is 0 Å². The van der Waals surface area contributed by atoms with E-state index in [-0.39, 0.29) is 31.9 Å². The summed E-state index contributed by atoms with van der Waals surface area (Å²) < 4.78 is 25.3. The molecule has 8 nitrogen and oxygen atoms in total. The molecule has 0 radical (unpaired) electrons. The maximum absolute atomic E-state index is 10.6. The highest BCUT2D eigenvalue weighted by molar-refractivity contribution is 6.18. The second-order valence-electron chi connectivity index (χ2n) is 3.91. The van der Waals surface area contributed by atoms with Gasteiger partial charge in [-0.05, 0) is 0 Å². The minimum absolute atomic E-state index is 0.0566. The van der Waals surface area contributed by atoms with Crippen LogP contribution in [-0.2, 0) is 38.1 Å². The van der Waals surface area contributed by atoms with E-state index in [1.54, 1.807) is 0 Å². The highest BCUT2D eigenvalue weighted by Gasteiger charge is 2.50. The van der Waals surface area contributed by atoms with E-state index in [0.29, 0.717) is 0 Å². The lowest BCUT2D eigenvalue weighted by molar-refractivity contribution is -0.292. The first-order chi connectivity index (χ1) is 10.2. The predicted octanol–water partition coefficient (Wildman–Crippen LogP) is -0.223. The molecule has 1 rings (SSSR count). The number of hydrogen-bond acceptors (Lipinski definition) is 8. The smallest absolute Gasteiger partial charge is 0.293 e. The van der Waals surface area contributed by atoms with Crippen molar-refractivity contribution < 1.29 is 38.1 Å². The lowest BCUT2D eigenvalue weighted by atomic mass is 9.99. The molecule has 0 bridgehead atoms. The van der Waals surface area contributed by atoms with Gasteiger partial charge in [-0.25, -0.2) is 0 Å². The third-order valence-electron chi connectivity index (χ3n) is 2.76. The normalized spacial score (nSPS) is 31.8.